The zero-order chi connectivity index (χ0) is 19.9. The summed E-state index contributed by atoms with van der Waals surface area (Å²) in [6.07, 6.45) is 1.84. The standard InChI is InChI=1S/C19H23N5O2S2/c1-13-5-4-6-15(11-13)28(25,26)17-18-21-14(2)12-16(23-9-7-20-8-10-23)24(18)22-19(17)27-3/h4-6,11-12,20H,7-10H2,1-3H3. The van der Waals surface area contributed by atoms with E-state index in [4.69, 9.17) is 0 Å². The second-order valence-corrected chi connectivity index (χ2v) is 9.57. The number of thioether (sulfide) groups is 1. The van der Waals surface area contributed by atoms with Gasteiger partial charge >= 0.3 is 0 Å². The van der Waals surface area contributed by atoms with Gasteiger partial charge in [-0.05, 0) is 37.8 Å². The second kappa shape index (κ2) is 7.38. The van der Waals surface area contributed by atoms with Gasteiger partial charge in [-0.15, -0.1) is 11.8 Å². The number of rotatable bonds is 4. The van der Waals surface area contributed by atoms with E-state index in [0.717, 1.165) is 43.3 Å². The first-order valence-electron chi connectivity index (χ1n) is 9.13. The summed E-state index contributed by atoms with van der Waals surface area (Å²) >= 11 is 1.33. The van der Waals surface area contributed by atoms with Crippen LogP contribution in [0.5, 0.6) is 0 Å². The molecule has 0 spiro atoms. The number of hydrogen-bond acceptors (Lipinski definition) is 7. The number of fused-ring (bicyclic) bond motifs is 1. The van der Waals surface area contributed by atoms with E-state index in [2.05, 4.69) is 20.3 Å². The van der Waals surface area contributed by atoms with Gasteiger partial charge in [0.1, 0.15) is 10.8 Å². The van der Waals surface area contributed by atoms with Crippen molar-refractivity contribution in [3.05, 3.63) is 41.6 Å². The molecular weight excluding hydrogens is 394 g/mol. The van der Waals surface area contributed by atoms with Crippen molar-refractivity contribution in [1.82, 2.24) is 19.9 Å². The van der Waals surface area contributed by atoms with Crippen LogP contribution in [0.25, 0.3) is 5.65 Å². The molecule has 0 atom stereocenters. The van der Waals surface area contributed by atoms with Crippen LogP contribution in [0.3, 0.4) is 0 Å². The van der Waals surface area contributed by atoms with Crippen LogP contribution in [0.1, 0.15) is 11.3 Å². The number of nitrogens with zero attached hydrogens (tertiary/aromatic N) is 4. The lowest BCUT2D eigenvalue weighted by Gasteiger charge is -2.29. The van der Waals surface area contributed by atoms with Crippen molar-refractivity contribution in [1.29, 1.82) is 0 Å². The van der Waals surface area contributed by atoms with Gasteiger partial charge in [0.15, 0.2) is 10.5 Å². The first kappa shape index (κ1) is 19.2. The number of benzene rings is 1. The summed E-state index contributed by atoms with van der Waals surface area (Å²) in [5.41, 5.74) is 2.06. The molecule has 0 radical (unpaired) electrons. The van der Waals surface area contributed by atoms with E-state index < -0.39 is 9.84 Å². The van der Waals surface area contributed by atoms with Crippen LogP contribution in [-0.4, -0.2) is 55.5 Å². The monoisotopic (exact) mass is 417 g/mol. The van der Waals surface area contributed by atoms with Crippen molar-refractivity contribution >= 4 is 33.1 Å². The van der Waals surface area contributed by atoms with Gasteiger partial charge in [-0.2, -0.15) is 9.61 Å². The Morgan fingerprint density at radius 3 is 2.57 bits per heavy atom. The molecule has 28 heavy (non-hydrogen) atoms. The van der Waals surface area contributed by atoms with Crippen LogP contribution in [0, 0.1) is 13.8 Å². The second-order valence-electron chi connectivity index (χ2n) is 6.89. The molecule has 3 heterocycles. The molecule has 0 saturated carbocycles. The predicted molar refractivity (Wildman–Crippen MR) is 111 cm³/mol. The maximum absolute atomic E-state index is 13.5. The highest BCUT2D eigenvalue weighted by atomic mass is 32.2. The molecule has 1 aromatic carbocycles. The molecule has 9 heteroatoms. The maximum atomic E-state index is 13.5. The summed E-state index contributed by atoms with van der Waals surface area (Å²) in [5, 5.41) is 8.45. The third-order valence-corrected chi connectivity index (χ3v) is 7.42. The van der Waals surface area contributed by atoms with Crippen molar-refractivity contribution in [2.75, 3.05) is 37.3 Å². The Kier molecular flexibility index (Phi) is 5.07. The average molecular weight is 418 g/mol. The molecule has 0 bridgehead atoms. The minimum atomic E-state index is -3.75. The minimum Gasteiger partial charge on any atom is -0.354 e. The fourth-order valence-corrected chi connectivity index (χ4v) is 5.97. The number of nitrogens with one attached hydrogen (secondary N) is 1. The third-order valence-electron chi connectivity index (χ3n) is 4.83. The Morgan fingerprint density at radius 2 is 1.89 bits per heavy atom. The zero-order valence-corrected chi connectivity index (χ0v) is 17.8. The molecule has 7 nitrogen and oxygen atoms in total. The first-order chi connectivity index (χ1) is 13.4. The van der Waals surface area contributed by atoms with Crippen molar-refractivity contribution in [3.63, 3.8) is 0 Å². The highest BCUT2D eigenvalue weighted by Gasteiger charge is 2.30. The maximum Gasteiger partial charge on any atom is 0.213 e. The smallest absolute Gasteiger partial charge is 0.213 e. The molecule has 1 saturated heterocycles. The van der Waals surface area contributed by atoms with E-state index in [1.807, 2.05) is 32.2 Å². The van der Waals surface area contributed by atoms with E-state index in [9.17, 15) is 8.42 Å². The molecule has 1 N–H and O–H groups in total. The molecule has 0 aliphatic carbocycles. The molecular formula is C19H23N5O2S2. The highest BCUT2D eigenvalue weighted by Crippen LogP contribution is 2.34. The lowest BCUT2D eigenvalue weighted by atomic mass is 10.2. The number of aryl methyl sites for hydroxylation is 2. The Balaban J connectivity index is 1.97. The number of sulfone groups is 1. The van der Waals surface area contributed by atoms with Crippen molar-refractivity contribution in [2.45, 2.75) is 28.7 Å². The van der Waals surface area contributed by atoms with Crippen molar-refractivity contribution in [3.8, 4) is 0 Å². The van der Waals surface area contributed by atoms with Gasteiger partial charge in [0.05, 0.1) is 4.90 Å². The summed E-state index contributed by atoms with van der Waals surface area (Å²) in [5.74, 6) is 0.880. The lowest BCUT2D eigenvalue weighted by molar-refractivity contribution is 0.579. The van der Waals surface area contributed by atoms with Gasteiger partial charge in [0, 0.05) is 37.9 Å². The quantitative estimate of drug-likeness (QED) is 0.653. The van der Waals surface area contributed by atoms with Gasteiger partial charge in [-0.1, -0.05) is 12.1 Å². The lowest BCUT2D eigenvalue weighted by Crippen LogP contribution is -2.44. The summed E-state index contributed by atoms with van der Waals surface area (Å²) in [6.45, 7) is 7.22. The topological polar surface area (TPSA) is 79.6 Å². The predicted octanol–water partition coefficient (Wildman–Crippen LogP) is 2.31. The number of anilines is 1. The van der Waals surface area contributed by atoms with Gasteiger partial charge < -0.3 is 10.2 Å². The van der Waals surface area contributed by atoms with Crippen LogP contribution in [-0.2, 0) is 9.84 Å². The Bertz CT molecular complexity index is 1130. The first-order valence-corrected chi connectivity index (χ1v) is 11.8. The molecule has 2 aromatic heterocycles. The number of hydrogen-bond donors (Lipinski definition) is 1. The van der Waals surface area contributed by atoms with Gasteiger partial charge in [0.2, 0.25) is 9.84 Å². The van der Waals surface area contributed by atoms with E-state index >= 15 is 0 Å². The SMILES string of the molecule is CSc1nn2c(N3CCNCC3)cc(C)nc2c1S(=O)(=O)c1cccc(C)c1. The van der Waals surface area contributed by atoms with Crippen LogP contribution in [0.15, 0.2) is 45.1 Å². The third kappa shape index (κ3) is 3.27. The van der Waals surface area contributed by atoms with E-state index in [1.54, 1.807) is 22.7 Å². The van der Waals surface area contributed by atoms with Gasteiger partial charge in [0.25, 0.3) is 0 Å². The summed E-state index contributed by atoms with van der Waals surface area (Å²) in [6, 6.07) is 8.93. The summed E-state index contributed by atoms with van der Waals surface area (Å²) in [7, 11) is -3.75. The normalized spacial score (nSPS) is 15.3. The van der Waals surface area contributed by atoms with Crippen molar-refractivity contribution < 1.29 is 8.42 Å². The molecule has 3 aromatic rings. The molecule has 1 fully saturated rings. The van der Waals surface area contributed by atoms with E-state index in [0.29, 0.717) is 10.7 Å². The summed E-state index contributed by atoms with van der Waals surface area (Å²) < 4.78 is 28.7. The molecule has 1 aliphatic heterocycles. The molecule has 148 valence electrons. The Hall–Kier alpha value is -2.10. The molecule has 1 aliphatic rings. The van der Waals surface area contributed by atoms with Crippen LogP contribution >= 0.6 is 11.8 Å². The van der Waals surface area contributed by atoms with E-state index in [1.165, 1.54) is 11.8 Å². The number of aromatic nitrogens is 3. The highest BCUT2D eigenvalue weighted by molar-refractivity contribution is 7.99. The fraction of sp³-hybridized carbons (Fsp3) is 0.368. The van der Waals surface area contributed by atoms with Crippen molar-refractivity contribution in [2.24, 2.45) is 0 Å². The van der Waals surface area contributed by atoms with Crippen LogP contribution < -0.4 is 10.2 Å². The molecule has 0 amide bonds. The minimum absolute atomic E-state index is 0.186. The molecule has 0 unspecified atom stereocenters. The Morgan fingerprint density at radius 1 is 1.14 bits per heavy atom. The zero-order valence-electron chi connectivity index (χ0n) is 16.1. The van der Waals surface area contributed by atoms with Gasteiger partial charge in [-0.25, -0.2) is 13.4 Å². The summed E-state index contributed by atoms with van der Waals surface area (Å²) in [4.78, 5) is 7.25. The van der Waals surface area contributed by atoms with Gasteiger partial charge in [-0.3, -0.25) is 0 Å². The molecule has 4 rings (SSSR count). The van der Waals surface area contributed by atoms with E-state index in [-0.39, 0.29) is 9.79 Å². The van der Waals surface area contributed by atoms with Crippen LogP contribution in [0.2, 0.25) is 0 Å². The Labute approximate surface area is 169 Å². The number of piperazine rings is 1. The largest absolute Gasteiger partial charge is 0.354 e. The van der Waals surface area contributed by atoms with Crippen LogP contribution in [0.4, 0.5) is 5.82 Å². The average Bonchev–Trinajstić information content (AvgIpc) is 3.07. The fourth-order valence-electron chi connectivity index (χ4n) is 3.47.